The molecule has 7 heteroatoms. The maximum atomic E-state index is 13.7. The van der Waals surface area contributed by atoms with E-state index >= 15 is 0 Å². The Morgan fingerprint density at radius 1 is 1.07 bits per heavy atom. The Hall–Kier alpha value is -2.16. The van der Waals surface area contributed by atoms with E-state index in [0.717, 1.165) is 30.6 Å². The van der Waals surface area contributed by atoms with E-state index in [2.05, 4.69) is 15.6 Å². The van der Waals surface area contributed by atoms with Gasteiger partial charge in [0.05, 0.1) is 0 Å². The Balaban J connectivity index is 0.00000280. The number of carbonyl (C=O) groups excluding carboxylic acids is 1. The zero-order valence-electron chi connectivity index (χ0n) is 16.0. The van der Waals surface area contributed by atoms with E-state index in [1.165, 1.54) is 6.07 Å². The van der Waals surface area contributed by atoms with E-state index in [1.54, 1.807) is 19.2 Å². The van der Waals surface area contributed by atoms with Gasteiger partial charge in [-0.1, -0.05) is 30.3 Å². The molecule has 28 heavy (non-hydrogen) atoms. The van der Waals surface area contributed by atoms with Gasteiger partial charge in [-0.25, -0.2) is 4.39 Å². The van der Waals surface area contributed by atoms with Gasteiger partial charge in [0, 0.05) is 44.4 Å². The molecule has 5 nitrogen and oxygen atoms in total. The molecule has 0 aromatic heterocycles. The van der Waals surface area contributed by atoms with Gasteiger partial charge >= 0.3 is 0 Å². The lowest BCUT2D eigenvalue weighted by Gasteiger charge is -2.26. The topological polar surface area (TPSA) is 56.7 Å². The highest BCUT2D eigenvalue weighted by molar-refractivity contribution is 14.0. The van der Waals surface area contributed by atoms with E-state index in [9.17, 15) is 9.18 Å². The van der Waals surface area contributed by atoms with Crippen molar-refractivity contribution in [2.24, 2.45) is 4.99 Å². The van der Waals surface area contributed by atoms with Crippen LogP contribution in [0.1, 0.15) is 30.4 Å². The molecule has 1 heterocycles. The van der Waals surface area contributed by atoms with Crippen LogP contribution in [0.25, 0.3) is 0 Å². The van der Waals surface area contributed by atoms with Gasteiger partial charge in [-0.2, -0.15) is 0 Å². The molecule has 0 spiro atoms. The van der Waals surface area contributed by atoms with Gasteiger partial charge in [0.25, 0.3) is 0 Å². The summed E-state index contributed by atoms with van der Waals surface area (Å²) in [5, 5.41) is 6.33. The Morgan fingerprint density at radius 2 is 1.79 bits per heavy atom. The molecule has 1 aliphatic rings. The fourth-order valence-corrected chi connectivity index (χ4v) is 3.10. The van der Waals surface area contributed by atoms with Crippen LogP contribution in [-0.2, 0) is 17.9 Å². The normalized spacial score (nSPS) is 14.4. The number of anilines is 1. The van der Waals surface area contributed by atoms with Crippen LogP contribution in [0.5, 0.6) is 0 Å². The Morgan fingerprint density at radius 3 is 2.46 bits per heavy atom. The zero-order chi connectivity index (χ0) is 19.1. The van der Waals surface area contributed by atoms with Gasteiger partial charge in [0.15, 0.2) is 5.96 Å². The molecule has 150 valence electrons. The second kappa shape index (κ2) is 11.0. The number of guanidine groups is 1. The number of nitrogens with zero attached hydrogens (tertiary/aromatic N) is 2. The fraction of sp³-hybridized carbons (Fsp3) is 0.333. The smallest absolute Gasteiger partial charge is 0.226 e. The summed E-state index contributed by atoms with van der Waals surface area (Å²) in [6.07, 6.45) is 2.67. The number of nitrogens with one attached hydrogen (secondary N) is 2. The van der Waals surface area contributed by atoms with Gasteiger partial charge < -0.3 is 15.5 Å². The van der Waals surface area contributed by atoms with Crippen LogP contribution >= 0.6 is 24.0 Å². The summed E-state index contributed by atoms with van der Waals surface area (Å²) < 4.78 is 13.7. The summed E-state index contributed by atoms with van der Waals surface area (Å²) in [5.74, 6) is 0.571. The largest absolute Gasteiger partial charge is 0.352 e. The van der Waals surface area contributed by atoms with Gasteiger partial charge in [-0.15, -0.1) is 24.0 Å². The van der Waals surface area contributed by atoms with Crippen molar-refractivity contribution in [1.29, 1.82) is 0 Å². The Labute approximate surface area is 182 Å². The number of piperidine rings is 1. The minimum Gasteiger partial charge on any atom is -0.352 e. The molecule has 2 aromatic rings. The van der Waals surface area contributed by atoms with E-state index in [4.69, 9.17) is 0 Å². The molecule has 1 amide bonds. The lowest BCUT2D eigenvalue weighted by molar-refractivity contribution is -0.119. The van der Waals surface area contributed by atoms with E-state index in [1.807, 2.05) is 35.2 Å². The first-order valence-corrected chi connectivity index (χ1v) is 9.24. The molecule has 1 saturated heterocycles. The van der Waals surface area contributed by atoms with Crippen molar-refractivity contribution in [3.8, 4) is 0 Å². The number of benzene rings is 2. The zero-order valence-corrected chi connectivity index (χ0v) is 18.3. The van der Waals surface area contributed by atoms with Crippen molar-refractivity contribution >= 4 is 41.5 Å². The van der Waals surface area contributed by atoms with Crippen LogP contribution in [0.3, 0.4) is 0 Å². The molecule has 0 aliphatic carbocycles. The van der Waals surface area contributed by atoms with E-state index in [-0.39, 0.29) is 35.7 Å². The van der Waals surface area contributed by atoms with Gasteiger partial charge in [0.1, 0.15) is 5.82 Å². The summed E-state index contributed by atoms with van der Waals surface area (Å²) in [4.78, 5) is 18.0. The number of halogens is 2. The lowest BCUT2D eigenvalue weighted by atomic mass is 10.1. The molecule has 1 fully saturated rings. The third-order valence-electron chi connectivity index (χ3n) is 4.66. The number of rotatable bonds is 5. The number of carbonyl (C=O) groups is 1. The summed E-state index contributed by atoms with van der Waals surface area (Å²) in [6, 6.07) is 14.7. The first kappa shape index (κ1) is 22.1. The van der Waals surface area contributed by atoms with Crippen LogP contribution < -0.4 is 15.5 Å². The number of hydrogen-bond acceptors (Lipinski definition) is 2. The van der Waals surface area contributed by atoms with Gasteiger partial charge in [0.2, 0.25) is 5.91 Å². The molecule has 2 aromatic carbocycles. The molecule has 0 radical (unpaired) electrons. The van der Waals surface area contributed by atoms with Gasteiger partial charge in [-0.3, -0.25) is 9.79 Å². The third-order valence-corrected chi connectivity index (χ3v) is 4.66. The molecule has 0 bridgehead atoms. The quantitative estimate of drug-likeness (QED) is 0.376. The third kappa shape index (κ3) is 5.92. The van der Waals surface area contributed by atoms with Crippen molar-refractivity contribution < 1.29 is 9.18 Å². The van der Waals surface area contributed by atoms with Crippen molar-refractivity contribution in [2.75, 3.05) is 18.5 Å². The standard InChI is InChI=1S/C21H25FN4O.HI/c1-23-21(25-15-17-6-2-3-7-19(17)22)24-14-16-9-11-18(12-10-16)26-13-5-4-8-20(26)27;/h2-3,6-7,9-12H,4-5,8,13-15H2,1H3,(H2,23,24,25);1H. The first-order valence-electron chi connectivity index (χ1n) is 9.24. The van der Waals surface area contributed by atoms with Gasteiger partial charge in [-0.05, 0) is 36.6 Å². The Bertz CT molecular complexity index is 810. The minimum atomic E-state index is -0.233. The maximum absolute atomic E-state index is 13.7. The number of aliphatic imine (C=N–C) groups is 1. The molecule has 0 unspecified atom stereocenters. The highest BCUT2D eigenvalue weighted by Crippen LogP contribution is 2.21. The molecule has 0 atom stereocenters. The average Bonchev–Trinajstić information content (AvgIpc) is 2.70. The van der Waals surface area contributed by atoms with Crippen LogP contribution in [0, 0.1) is 5.82 Å². The van der Waals surface area contributed by atoms with Crippen molar-refractivity contribution in [3.05, 3.63) is 65.5 Å². The van der Waals surface area contributed by atoms with Crippen LogP contribution in [-0.4, -0.2) is 25.5 Å². The predicted molar refractivity (Wildman–Crippen MR) is 121 cm³/mol. The predicted octanol–water partition coefficient (Wildman–Crippen LogP) is 3.83. The second-order valence-corrected chi connectivity index (χ2v) is 6.54. The first-order chi connectivity index (χ1) is 13.2. The molecule has 3 rings (SSSR count). The SMILES string of the molecule is CN=C(NCc1ccc(N2CCCCC2=O)cc1)NCc1ccccc1F.I. The Kier molecular flexibility index (Phi) is 8.69. The molecular weight excluding hydrogens is 470 g/mol. The van der Waals surface area contributed by atoms with E-state index in [0.29, 0.717) is 31.0 Å². The van der Waals surface area contributed by atoms with Crippen LogP contribution in [0.4, 0.5) is 10.1 Å². The van der Waals surface area contributed by atoms with Crippen molar-refractivity contribution in [3.63, 3.8) is 0 Å². The highest BCUT2D eigenvalue weighted by Gasteiger charge is 2.19. The lowest BCUT2D eigenvalue weighted by Crippen LogP contribution is -2.36. The van der Waals surface area contributed by atoms with Crippen molar-refractivity contribution in [1.82, 2.24) is 10.6 Å². The summed E-state index contributed by atoms with van der Waals surface area (Å²) in [6.45, 7) is 1.75. The molecule has 0 saturated carbocycles. The van der Waals surface area contributed by atoms with Crippen molar-refractivity contribution in [2.45, 2.75) is 32.4 Å². The summed E-state index contributed by atoms with van der Waals surface area (Å²) >= 11 is 0. The molecular formula is C21H26FIN4O. The number of hydrogen-bond donors (Lipinski definition) is 2. The van der Waals surface area contributed by atoms with E-state index < -0.39 is 0 Å². The second-order valence-electron chi connectivity index (χ2n) is 6.54. The monoisotopic (exact) mass is 496 g/mol. The maximum Gasteiger partial charge on any atom is 0.226 e. The molecule has 1 aliphatic heterocycles. The average molecular weight is 496 g/mol. The minimum absolute atomic E-state index is 0. The number of amides is 1. The van der Waals surface area contributed by atoms with Crippen LogP contribution in [0.2, 0.25) is 0 Å². The summed E-state index contributed by atoms with van der Waals surface area (Å²) in [5.41, 5.74) is 2.62. The fourth-order valence-electron chi connectivity index (χ4n) is 3.10. The van der Waals surface area contributed by atoms with Crippen LogP contribution in [0.15, 0.2) is 53.5 Å². The molecule has 2 N–H and O–H groups in total. The summed E-state index contributed by atoms with van der Waals surface area (Å²) in [7, 11) is 1.68. The highest BCUT2D eigenvalue weighted by atomic mass is 127.